The number of rotatable bonds is 5. The Bertz CT molecular complexity index is 514. The summed E-state index contributed by atoms with van der Waals surface area (Å²) in [5.41, 5.74) is 10.4. The van der Waals surface area contributed by atoms with Crippen LogP contribution < -0.4 is 5.73 Å². The number of nitrogens with zero attached hydrogens (tertiary/aromatic N) is 1. The maximum absolute atomic E-state index is 5.49. The Kier molecular flexibility index (Phi) is 4.15. The van der Waals surface area contributed by atoms with Crippen molar-refractivity contribution in [3.63, 3.8) is 0 Å². The molecule has 3 heteroatoms. The van der Waals surface area contributed by atoms with Crippen LogP contribution in [0.4, 0.5) is 0 Å². The lowest BCUT2D eigenvalue weighted by molar-refractivity contribution is 0.723. The number of H-pyrrole nitrogens is 1. The second-order valence-corrected chi connectivity index (χ2v) is 4.79. The lowest BCUT2D eigenvalue weighted by atomic mass is 10.1. The van der Waals surface area contributed by atoms with Crippen LogP contribution in [-0.4, -0.2) is 16.5 Å². The number of hydrogen-bond donors (Lipinski definition) is 2. The Morgan fingerprint density at radius 2 is 2.00 bits per heavy atom. The van der Waals surface area contributed by atoms with Crippen molar-refractivity contribution in [2.24, 2.45) is 5.73 Å². The van der Waals surface area contributed by atoms with Crippen molar-refractivity contribution in [2.75, 3.05) is 6.54 Å². The van der Waals surface area contributed by atoms with E-state index in [-0.39, 0.29) is 0 Å². The van der Waals surface area contributed by atoms with Gasteiger partial charge in [0.25, 0.3) is 0 Å². The summed E-state index contributed by atoms with van der Waals surface area (Å²) in [6.07, 6.45) is 5.04. The Morgan fingerprint density at radius 1 is 1.17 bits per heavy atom. The smallest absolute Gasteiger partial charge is 0.106 e. The molecule has 0 fully saturated rings. The van der Waals surface area contributed by atoms with Gasteiger partial charge in [-0.2, -0.15) is 0 Å². The molecule has 0 amide bonds. The van der Waals surface area contributed by atoms with Crippen LogP contribution in [0.1, 0.15) is 29.8 Å². The second-order valence-electron chi connectivity index (χ2n) is 4.79. The third-order valence-corrected chi connectivity index (χ3v) is 3.31. The second kappa shape index (κ2) is 5.83. The molecule has 2 rings (SSSR count). The van der Waals surface area contributed by atoms with E-state index in [0.29, 0.717) is 0 Å². The van der Waals surface area contributed by atoms with Crippen LogP contribution >= 0.6 is 0 Å². The summed E-state index contributed by atoms with van der Waals surface area (Å²) in [4.78, 5) is 7.80. The van der Waals surface area contributed by atoms with Gasteiger partial charge in [0.1, 0.15) is 5.82 Å². The van der Waals surface area contributed by atoms with Gasteiger partial charge in [-0.3, -0.25) is 0 Å². The summed E-state index contributed by atoms with van der Waals surface area (Å²) in [5, 5.41) is 0. The van der Waals surface area contributed by atoms with Crippen molar-refractivity contribution in [1.82, 2.24) is 9.97 Å². The van der Waals surface area contributed by atoms with E-state index < -0.39 is 0 Å². The van der Waals surface area contributed by atoms with E-state index in [0.717, 1.165) is 37.3 Å². The fourth-order valence-electron chi connectivity index (χ4n) is 1.98. The first-order valence-electron chi connectivity index (χ1n) is 6.52. The van der Waals surface area contributed by atoms with Gasteiger partial charge in [-0.25, -0.2) is 4.98 Å². The molecule has 3 N–H and O–H groups in total. The van der Waals surface area contributed by atoms with Gasteiger partial charge in [-0.05, 0) is 56.0 Å². The van der Waals surface area contributed by atoms with Gasteiger partial charge < -0.3 is 10.7 Å². The molecular weight excluding hydrogens is 222 g/mol. The van der Waals surface area contributed by atoms with E-state index in [1.807, 2.05) is 6.20 Å². The van der Waals surface area contributed by atoms with Crippen LogP contribution in [0.2, 0.25) is 0 Å². The van der Waals surface area contributed by atoms with E-state index >= 15 is 0 Å². The topological polar surface area (TPSA) is 54.7 Å². The highest BCUT2D eigenvalue weighted by atomic mass is 14.9. The molecule has 0 bridgehead atoms. The van der Waals surface area contributed by atoms with E-state index in [1.165, 1.54) is 16.7 Å². The van der Waals surface area contributed by atoms with Crippen molar-refractivity contribution in [3.05, 3.63) is 41.3 Å². The Labute approximate surface area is 108 Å². The van der Waals surface area contributed by atoms with E-state index in [1.54, 1.807) is 0 Å². The fraction of sp³-hybridized carbons (Fsp3) is 0.400. The zero-order valence-corrected chi connectivity index (χ0v) is 11.2. The standard InChI is InChI=1S/C15H21N3/c1-11-6-7-13(9-12(11)2)14-10-17-15(18-14)5-3-4-8-16/h6-7,9-10H,3-5,8,16H2,1-2H3,(H,17,18). The zero-order chi connectivity index (χ0) is 13.0. The molecule has 0 aliphatic heterocycles. The monoisotopic (exact) mass is 243 g/mol. The maximum Gasteiger partial charge on any atom is 0.106 e. The van der Waals surface area contributed by atoms with Gasteiger partial charge in [0.15, 0.2) is 0 Å². The van der Waals surface area contributed by atoms with Gasteiger partial charge in [-0.1, -0.05) is 12.1 Å². The first-order valence-corrected chi connectivity index (χ1v) is 6.52. The van der Waals surface area contributed by atoms with Gasteiger partial charge in [-0.15, -0.1) is 0 Å². The third-order valence-electron chi connectivity index (χ3n) is 3.31. The molecule has 3 nitrogen and oxygen atoms in total. The minimum Gasteiger partial charge on any atom is -0.342 e. The Balaban J connectivity index is 2.11. The fourth-order valence-corrected chi connectivity index (χ4v) is 1.98. The molecule has 0 radical (unpaired) electrons. The van der Waals surface area contributed by atoms with Crippen LogP contribution in [0.5, 0.6) is 0 Å². The predicted molar refractivity (Wildman–Crippen MR) is 75.5 cm³/mol. The van der Waals surface area contributed by atoms with Crippen LogP contribution in [0.25, 0.3) is 11.3 Å². The molecule has 0 saturated carbocycles. The van der Waals surface area contributed by atoms with Gasteiger partial charge >= 0.3 is 0 Å². The molecule has 1 heterocycles. The first kappa shape index (κ1) is 12.8. The molecule has 0 unspecified atom stereocenters. The van der Waals surface area contributed by atoms with Gasteiger partial charge in [0, 0.05) is 6.42 Å². The molecule has 0 spiro atoms. The molecule has 0 saturated heterocycles. The van der Waals surface area contributed by atoms with Crippen LogP contribution in [-0.2, 0) is 6.42 Å². The molecule has 2 aromatic rings. The Morgan fingerprint density at radius 3 is 2.72 bits per heavy atom. The number of nitrogens with two attached hydrogens (primary N) is 1. The van der Waals surface area contributed by atoms with Crippen molar-refractivity contribution in [1.29, 1.82) is 0 Å². The number of aromatic amines is 1. The highest BCUT2D eigenvalue weighted by Gasteiger charge is 2.04. The van der Waals surface area contributed by atoms with Crippen molar-refractivity contribution in [3.8, 4) is 11.3 Å². The number of nitrogens with one attached hydrogen (secondary N) is 1. The largest absolute Gasteiger partial charge is 0.342 e. The molecule has 1 aromatic heterocycles. The predicted octanol–water partition coefficient (Wildman–Crippen LogP) is 2.97. The van der Waals surface area contributed by atoms with Gasteiger partial charge in [0.2, 0.25) is 0 Å². The summed E-state index contributed by atoms with van der Waals surface area (Å²) < 4.78 is 0. The molecule has 0 atom stereocenters. The summed E-state index contributed by atoms with van der Waals surface area (Å²) in [7, 11) is 0. The van der Waals surface area contributed by atoms with Gasteiger partial charge in [0.05, 0.1) is 11.9 Å². The molecule has 1 aromatic carbocycles. The highest BCUT2D eigenvalue weighted by Crippen LogP contribution is 2.20. The summed E-state index contributed by atoms with van der Waals surface area (Å²) in [6.45, 7) is 5.02. The average Bonchev–Trinajstić information content (AvgIpc) is 2.82. The lowest BCUT2D eigenvalue weighted by Crippen LogP contribution is -1.99. The number of benzene rings is 1. The number of hydrogen-bond acceptors (Lipinski definition) is 2. The van der Waals surface area contributed by atoms with E-state index in [9.17, 15) is 0 Å². The average molecular weight is 243 g/mol. The normalized spacial score (nSPS) is 10.8. The molecule has 0 aliphatic rings. The van der Waals surface area contributed by atoms with Crippen LogP contribution in [0.15, 0.2) is 24.4 Å². The SMILES string of the molecule is Cc1ccc(-c2cnc(CCCCN)[nH]2)cc1C. The maximum atomic E-state index is 5.49. The zero-order valence-electron chi connectivity index (χ0n) is 11.2. The number of unbranched alkanes of at least 4 members (excludes halogenated alkanes) is 1. The van der Waals surface area contributed by atoms with E-state index in [4.69, 9.17) is 5.73 Å². The lowest BCUT2D eigenvalue weighted by Gasteiger charge is -2.03. The van der Waals surface area contributed by atoms with Crippen LogP contribution in [0, 0.1) is 13.8 Å². The molecular formula is C15H21N3. The molecule has 0 aliphatic carbocycles. The van der Waals surface area contributed by atoms with E-state index in [2.05, 4.69) is 42.0 Å². The molecule has 18 heavy (non-hydrogen) atoms. The summed E-state index contributed by atoms with van der Waals surface area (Å²) in [6, 6.07) is 6.49. The minimum atomic E-state index is 0.755. The van der Waals surface area contributed by atoms with Crippen molar-refractivity contribution >= 4 is 0 Å². The summed E-state index contributed by atoms with van der Waals surface area (Å²) >= 11 is 0. The highest BCUT2D eigenvalue weighted by molar-refractivity contribution is 5.60. The quantitative estimate of drug-likeness (QED) is 0.793. The number of aryl methyl sites for hydroxylation is 3. The first-order chi connectivity index (χ1) is 8.70. The summed E-state index contributed by atoms with van der Waals surface area (Å²) in [5.74, 6) is 1.05. The van der Waals surface area contributed by atoms with Crippen LogP contribution in [0.3, 0.4) is 0 Å². The van der Waals surface area contributed by atoms with Crippen molar-refractivity contribution in [2.45, 2.75) is 33.1 Å². The molecule has 96 valence electrons. The Hall–Kier alpha value is -1.61. The third kappa shape index (κ3) is 2.99. The minimum absolute atomic E-state index is 0.755. The van der Waals surface area contributed by atoms with Crippen molar-refractivity contribution < 1.29 is 0 Å². The number of aromatic nitrogens is 2. The number of imidazole rings is 1.